The van der Waals surface area contributed by atoms with Crippen molar-refractivity contribution < 1.29 is 4.79 Å². The number of hydrogen-bond acceptors (Lipinski definition) is 2. The number of benzene rings is 1. The molecule has 1 heterocycles. The lowest BCUT2D eigenvalue weighted by Gasteiger charge is -2.16. The van der Waals surface area contributed by atoms with Crippen LogP contribution in [0.25, 0.3) is 0 Å². The van der Waals surface area contributed by atoms with Gasteiger partial charge in [0.1, 0.15) is 0 Å². The van der Waals surface area contributed by atoms with Crippen molar-refractivity contribution in [1.82, 2.24) is 10.6 Å². The highest BCUT2D eigenvalue weighted by Gasteiger charge is 2.49. The minimum Gasteiger partial charge on any atom is -0.356 e. The Morgan fingerprint density at radius 2 is 2.05 bits per heavy atom. The lowest BCUT2D eigenvalue weighted by molar-refractivity contribution is -0.126. The molecule has 1 aromatic carbocycles. The molecule has 1 aliphatic heterocycles. The first-order valence-corrected chi connectivity index (χ1v) is 7.81. The van der Waals surface area contributed by atoms with Gasteiger partial charge >= 0.3 is 0 Å². The normalized spacial score (nSPS) is 22.4. The molecule has 1 aromatic rings. The van der Waals surface area contributed by atoms with Crippen molar-refractivity contribution in [3.63, 3.8) is 0 Å². The van der Waals surface area contributed by atoms with E-state index in [1.54, 1.807) is 0 Å². The van der Waals surface area contributed by atoms with E-state index < -0.39 is 0 Å². The summed E-state index contributed by atoms with van der Waals surface area (Å²) < 4.78 is 0. The van der Waals surface area contributed by atoms with Crippen molar-refractivity contribution >= 4 is 18.3 Å². The molecular formula is C17H25ClN2O. The van der Waals surface area contributed by atoms with Crippen molar-refractivity contribution in [1.29, 1.82) is 0 Å². The molecule has 1 saturated heterocycles. The maximum Gasteiger partial charge on any atom is 0.226 e. The zero-order chi connectivity index (χ0) is 13.8. The number of amides is 1. The summed E-state index contributed by atoms with van der Waals surface area (Å²) in [4.78, 5) is 12.4. The standard InChI is InChI=1S/C17H24N2O.ClH/c20-16(19-11-7-15-6-10-18-13-15)17(8-9-17)12-14-4-2-1-3-5-14;/h1-5,15,18H,6-13H2,(H,19,20);1H. The molecule has 2 N–H and O–H groups in total. The zero-order valence-electron chi connectivity index (χ0n) is 12.4. The smallest absolute Gasteiger partial charge is 0.226 e. The quantitative estimate of drug-likeness (QED) is 0.848. The predicted molar refractivity (Wildman–Crippen MR) is 87.7 cm³/mol. The molecule has 1 unspecified atom stereocenters. The van der Waals surface area contributed by atoms with Gasteiger partial charge in [0.25, 0.3) is 0 Å². The van der Waals surface area contributed by atoms with Crippen LogP contribution in [0.1, 0.15) is 31.2 Å². The Bertz CT molecular complexity index is 453. The third-order valence-electron chi connectivity index (χ3n) is 4.72. The summed E-state index contributed by atoms with van der Waals surface area (Å²) in [5, 5.41) is 6.54. The van der Waals surface area contributed by atoms with Crippen LogP contribution in [0.5, 0.6) is 0 Å². The van der Waals surface area contributed by atoms with Gasteiger partial charge < -0.3 is 10.6 Å². The number of hydrogen-bond donors (Lipinski definition) is 2. The lowest BCUT2D eigenvalue weighted by atomic mass is 9.95. The van der Waals surface area contributed by atoms with Crippen LogP contribution in [0.3, 0.4) is 0 Å². The highest BCUT2D eigenvalue weighted by molar-refractivity contribution is 5.85. The summed E-state index contributed by atoms with van der Waals surface area (Å²) in [6.45, 7) is 3.09. The fourth-order valence-corrected chi connectivity index (χ4v) is 3.16. The first-order valence-electron chi connectivity index (χ1n) is 7.81. The monoisotopic (exact) mass is 308 g/mol. The average Bonchev–Trinajstić information content (AvgIpc) is 3.06. The Labute approximate surface area is 133 Å². The predicted octanol–water partition coefficient (Wildman–Crippen LogP) is 2.55. The molecular weight excluding hydrogens is 284 g/mol. The van der Waals surface area contributed by atoms with Gasteiger partial charge in [0.2, 0.25) is 5.91 Å². The van der Waals surface area contributed by atoms with Crippen molar-refractivity contribution in [3.05, 3.63) is 35.9 Å². The van der Waals surface area contributed by atoms with E-state index in [1.807, 2.05) is 6.07 Å². The number of halogens is 1. The molecule has 3 rings (SSSR count). The van der Waals surface area contributed by atoms with Gasteiger partial charge in [-0.05, 0) is 56.7 Å². The maximum absolute atomic E-state index is 12.4. The van der Waals surface area contributed by atoms with Crippen molar-refractivity contribution in [2.45, 2.75) is 32.1 Å². The number of carbonyl (C=O) groups excluding carboxylic acids is 1. The van der Waals surface area contributed by atoms with E-state index in [0.29, 0.717) is 0 Å². The van der Waals surface area contributed by atoms with Crippen LogP contribution in [-0.4, -0.2) is 25.5 Å². The molecule has 1 aliphatic carbocycles. The van der Waals surface area contributed by atoms with Crippen molar-refractivity contribution in [2.75, 3.05) is 19.6 Å². The van der Waals surface area contributed by atoms with Crippen LogP contribution in [0.4, 0.5) is 0 Å². The Balaban J connectivity index is 0.00000161. The molecule has 116 valence electrons. The van der Waals surface area contributed by atoms with Gasteiger partial charge in [-0.2, -0.15) is 0 Å². The highest BCUT2D eigenvalue weighted by atomic mass is 35.5. The van der Waals surface area contributed by atoms with Crippen LogP contribution in [-0.2, 0) is 11.2 Å². The van der Waals surface area contributed by atoms with E-state index in [-0.39, 0.29) is 23.7 Å². The molecule has 0 bridgehead atoms. The van der Waals surface area contributed by atoms with Gasteiger partial charge in [-0.3, -0.25) is 4.79 Å². The molecule has 2 fully saturated rings. The second-order valence-corrected chi connectivity index (χ2v) is 6.35. The molecule has 3 nitrogen and oxygen atoms in total. The summed E-state index contributed by atoms with van der Waals surface area (Å²) >= 11 is 0. The Hall–Kier alpha value is -1.06. The number of carbonyl (C=O) groups is 1. The van der Waals surface area contributed by atoms with Crippen LogP contribution < -0.4 is 10.6 Å². The van der Waals surface area contributed by atoms with E-state index in [4.69, 9.17) is 0 Å². The Morgan fingerprint density at radius 3 is 2.67 bits per heavy atom. The summed E-state index contributed by atoms with van der Waals surface area (Å²) in [6, 6.07) is 10.4. The van der Waals surface area contributed by atoms with Gasteiger partial charge in [-0.15, -0.1) is 12.4 Å². The number of rotatable bonds is 6. The van der Waals surface area contributed by atoms with Crippen molar-refractivity contribution in [3.8, 4) is 0 Å². The van der Waals surface area contributed by atoms with Gasteiger partial charge in [0, 0.05) is 6.54 Å². The Kier molecular flexibility index (Phi) is 5.65. The molecule has 0 aromatic heterocycles. The van der Waals surface area contributed by atoms with Crippen LogP contribution in [0, 0.1) is 11.3 Å². The average molecular weight is 309 g/mol. The molecule has 2 aliphatic rings. The summed E-state index contributed by atoms with van der Waals surface area (Å²) in [5.41, 5.74) is 1.18. The van der Waals surface area contributed by atoms with Gasteiger partial charge in [0.05, 0.1) is 5.41 Å². The summed E-state index contributed by atoms with van der Waals surface area (Å²) in [5.74, 6) is 1.02. The highest BCUT2D eigenvalue weighted by Crippen LogP contribution is 2.48. The minimum atomic E-state index is -0.102. The van der Waals surface area contributed by atoms with Gasteiger partial charge in [-0.25, -0.2) is 0 Å². The third kappa shape index (κ3) is 4.21. The second-order valence-electron chi connectivity index (χ2n) is 6.35. The van der Waals surface area contributed by atoms with Gasteiger partial charge in [-0.1, -0.05) is 30.3 Å². The SMILES string of the molecule is Cl.O=C(NCCC1CCNC1)C1(Cc2ccccc2)CC1. The lowest BCUT2D eigenvalue weighted by Crippen LogP contribution is -2.34. The molecule has 21 heavy (non-hydrogen) atoms. The van der Waals surface area contributed by atoms with Crippen LogP contribution in [0.15, 0.2) is 30.3 Å². The molecule has 1 atom stereocenters. The molecule has 1 amide bonds. The van der Waals surface area contributed by atoms with Crippen LogP contribution >= 0.6 is 12.4 Å². The van der Waals surface area contributed by atoms with Crippen molar-refractivity contribution in [2.24, 2.45) is 11.3 Å². The first kappa shape index (κ1) is 16.3. The van der Waals surface area contributed by atoms with E-state index in [9.17, 15) is 4.79 Å². The zero-order valence-corrected chi connectivity index (χ0v) is 13.3. The Morgan fingerprint density at radius 1 is 1.29 bits per heavy atom. The third-order valence-corrected chi connectivity index (χ3v) is 4.72. The van der Waals surface area contributed by atoms with E-state index in [1.165, 1.54) is 12.0 Å². The fourth-order valence-electron chi connectivity index (χ4n) is 3.16. The van der Waals surface area contributed by atoms with E-state index in [2.05, 4.69) is 34.9 Å². The summed E-state index contributed by atoms with van der Waals surface area (Å²) in [6.07, 6.45) is 5.34. The molecule has 1 saturated carbocycles. The van der Waals surface area contributed by atoms with E-state index in [0.717, 1.165) is 51.2 Å². The fraction of sp³-hybridized carbons (Fsp3) is 0.588. The minimum absolute atomic E-state index is 0. The first-order chi connectivity index (χ1) is 9.78. The molecule has 0 radical (unpaired) electrons. The second kappa shape index (κ2) is 7.28. The molecule has 0 spiro atoms. The largest absolute Gasteiger partial charge is 0.356 e. The van der Waals surface area contributed by atoms with Crippen LogP contribution in [0.2, 0.25) is 0 Å². The van der Waals surface area contributed by atoms with E-state index >= 15 is 0 Å². The maximum atomic E-state index is 12.4. The molecule has 4 heteroatoms. The summed E-state index contributed by atoms with van der Waals surface area (Å²) in [7, 11) is 0. The van der Waals surface area contributed by atoms with Gasteiger partial charge in [0.15, 0.2) is 0 Å². The number of nitrogens with one attached hydrogen (secondary N) is 2. The topological polar surface area (TPSA) is 41.1 Å².